The highest BCUT2D eigenvalue weighted by atomic mass is 16.5. The van der Waals surface area contributed by atoms with Crippen LogP contribution in [0.3, 0.4) is 0 Å². The molecule has 0 aromatic heterocycles. The fraction of sp³-hybridized carbons (Fsp3) is 0.400. The Bertz CT molecular complexity index is 430. The molecular weight excluding hydrogens is 244 g/mol. The molecule has 0 radical (unpaired) electrons. The summed E-state index contributed by atoms with van der Waals surface area (Å²) in [6.45, 7) is 0.983. The van der Waals surface area contributed by atoms with E-state index in [9.17, 15) is 9.90 Å². The molecule has 0 amide bonds. The van der Waals surface area contributed by atoms with E-state index < -0.39 is 12.1 Å². The molecule has 1 rings (SSSR count). The van der Waals surface area contributed by atoms with Crippen LogP contribution in [0.2, 0.25) is 0 Å². The number of methoxy groups -OCH3 is 1. The normalized spacial score (nSPS) is 11.3. The van der Waals surface area contributed by atoms with Gasteiger partial charge in [0, 0.05) is 18.9 Å². The van der Waals surface area contributed by atoms with Crippen molar-refractivity contribution in [2.75, 3.05) is 13.7 Å². The first-order chi connectivity index (χ1) is 9.22. The van der Waals surface area contributed by atoms with E-state index in [4.69, 9.17) is 4.74 Å². The summed E-state index contributed by atoms with van der Waals surface area (Å²) in [7, 11) is 1.27. The molecule has 102 valence electrons. The third-order valence-electron chi connectivity index (χ3n) is 2.42. The zero-order valence-corrected chi connectivity index (χ0v) is 11.0. The Kier molecular flexibility index (Phi) is 7.33. The van der Waals surface area contributed by atoms with Crippen LogP contribution in [0.1, 0.15) is 18.4 Å². The monoisotopic (exact) mass is 262 g/mol. The smallest absolute Gasteiger partial charge is 0.384 e. The number of aliphatic hydroxyl groups is 1. The molecule has 1 aromatic carbocycles. The van der Waals surface area contributed by atoms with Crippen molar-refractivity contribution < 1.29 is 19.4 Å². The van der Waals surface area contributed by atoms with E-state index in [0.29, 0.717) is 19.6 Å². The minimum Gasteiger partial charge on any atom is -0.459 e. The van der Waals surface area contributed by atoms with Crippen LogP contribution in [0.5, 0.6) is 0 Å². The quantitative estimate of drug-likeness (QED) is 0.365. The number of ether oxygens (including phenoxy) is 2. The highest BCUT2D eigenvalue weighted by Gasteiger charge is 2.02. The van der Waals surface area contributed by atoms with Gasteiger partial charge in [-0.15, -0.1) is 0 Å². The largest absolute Gasteiger partial charge is 0.459 e. The Balaban J connectivity index is 2.11. The summed E-state index contributed by atoms with van der Waals surface area (Å²) in [5, 5.41) is 9.60. The third-order valence-corrected chi connectivity index (χ3v) is 2.42. The molecule has 0 aliphatic rings. The summed E-state index contributed by atoms with van der Waals surface area (Å²) >= 11 is 0. The standard InChI is InChI=1S/C15H18O4/c1-18-15(17)9-5-8-14(16)10-11-19-12-13-6-3-2-4-7-13/h2-4,6-7,14,16H,8,10-12H2,1H3/t14-/m1/s1. The van der Waals surface area contributed by atoms with E-state index in [0.717, 1.165) is 5.56 Å². The van der Waals surface area contributed by atoms with Gasteiger partial charge >= 0.3 is 5.97 Å². The molecule has 0 bridgehead atoms. The molecule has 0 heterocycles. The molecule has 4 nitrogen and oxygen atoms in total. The Morgan fingerprint density at radius 1 is 1.37 bits per heavy atom. The van der Waals surface area contributed by atoms with Crippen molar-refractivity contribution in [3.8, 4) is 11.8 Å². The van der Waals surface area contributed by atoms with Crippen LogP contribution >= 0.6 is 0 Å². The average Bonchev–Trinajstić information content (AvgIpc) is 2.44. The van der Waals surface area contributed by atoms with Crippen molar-refractivity contribution in [2.24, 2.45) is 0 Å². The maximum Gasteiger partial charge on any atom is 0.384 e. The minimum absolute atomic E-state index is 0.240. The van der Waals surface area contributed by atoms with E-state index >= 15 is 0 Å². The first kappa shape index (κ1) is 15.2. The summed E-state index contributed by atoms with van der Waals surface area (Å²) in [6, 6.07) is 9.83. The average molecular weight is 262 g/mol. The molecule has 4 heteroatoms. The van der Waals surface area contributed by atoms with E-state index in [1.54, 1.807) is 0 Å². The van der Waals surface area contributed by atoms with Gasteiger partial charge < -0.3 is 14.6 Å². The van der Waals surface area contributed by atoms with Gasteiger partial charge in [0.25, 0.3) is 0 Å². The fourth-order valence-corrected chi connectivity index (χ4v) is 1.38. The van der Waals surface area contributed by atoms with Gasteiger partial charge in [-0.05, 0) is 12.0 Å². The number of aliphatic hydroxyl groups excluding tert-OH is 1. The minimum atomic E-state index is -0.590. The van der Waals surface area contributed by atoms with Gasteiger partial charge in [-0.25, -0.2) is 4.79 Å². The molecule has 0 aliphatic heterocycles. The molecule has 0 saturated heterocycles. The lowest BCUT2D eigenvalue weighted by atomic mass is 10.2. The number of carbonyl (C=O) groups is 1. The topological polar surface area (TPSA) is 55.8 Å². The zero-order chi connectivity index (χ0) is 13.9. The molecule has 1 atom stereocenters. The number of hydrogen-bond acceptors (Lipinski definition) is 4. The highest BCUT2D eigenvalue weighted by molar-refractivity contribution is 5.88. The Labute approximate surface area is 113 Å². The predicted molar refractivity (Wildman–Crippen MR) is 71.1 cm³/mol. The molecule has 0 aliphatic carbocycles. The number of benzene rings is 1. The summed E-state index contributed by atoms with van der Waals surface area (Å²) in [4.78, 5) is 10.7. The maximum absolute atomic E-state index is 10.7. The second-order valence-electron chi connectivity index (χ2n) is 3.98. The van der Waals surface area contributed by atoms with Crippen LogP contribution in [-0.2, 0) is 20.9 Å². The summed E-state index contributed by atoms with van der Waals surface area (Å²) in [6.07, 6.45) is 0.139. The third kappa shape index (κ3) is 7.24. The summed E-state index contributed by atoms with van der Waals surface area (Å²) < 4.78 is 9.80. The van der Waals surface area contributed by atoms with Crippen molar-refractivity contribution >= 4 is 5.97 Å². The molecular formula is C15H18O4. The number of esters is 1. The van der Waals surface area contributed by atoms with Crippen molar-refractivity contribution in [3.05, 3.63) is 35.9 Å². The van der Waals surface area contributed by atoms with E-state index in [1.165, 1.54) is 7.11 Å². The van der Waals surface area contributed by atoms with Crippen LogP contribution in [0.4, 0.5) is 0 Å². The molecule has 0 unspecified atom stereocenters. The van der Waals surface area contributed by atoms with Gasteiger partial charge in [-0.2, -0.15) is 0 Å². The van der Waals surface area contributed by atoms with Crippen molar-refractivity contribution in [3.63, 3.8) is 0 Å². The fourth-order valence-electron chi connectivity index (χ4n) is 1.38. The van der Waals surface area contributed by atoms with Crippen LogP contribution < -0.4 is 0 Å². The SMILES string of the molecule is COC(=O)C#CC[C@@H](O)CCOCc1ccccc1. The molecule has 1 N–H and O–H groups in total. The lowest BCUT2D eigenvalue weighted by Crippen LogP contribution is -2.10. The van der Waals surface area contributed by atoms with Gasteiger partial charge in [0.15, 0.2) is 0 Å². The van der Waals surface area contributed by atoms with E-state index in [1.807, 2.05) is 30.3 Å². The molecule has 1 aromatic rings. The number of hydrogen-bond donors (Lipinski definition) is 1. The summed E-state index contributed by atoms with van der Waals surface area (Å²) in [5.41, 5.74) is 1.10. The van der Waals surface area contributed by atoms with Crippen LogP contribution in [0.25, 0.3) is 0 Å². The first-order valence-electron chi connectivity index (χ1n) is 6.09. The zero-order valence-electron chi connectivity index (χ0n) is 11.0. The van der Waals surface area contributed by atoms with Gasteiger partial charge in [0.05, 0.1) is 19.8 Å². The van der Waals surface area contributed by atoms with Crippen LogP contribution in [0.15, 0.2) is 30.3 Å². The van der Waals surface area contributed by atoms with Gasteiger partial charge in [0.2, 0.25) is 0 Å². The lowest BCUT2D eigenvalue weighted by molar-refractivity contribution is -0.133. The molecule has 0 saturated carbocycles. The van der Waals surface area contributed by atoms with Gasteiger partial charge in [-0.3, -0.25) is 0 Å². The van der Waals surface area contributed by atoms with Gasteiger partial charge in [-0.1, -0.05) is 36.3 Å². The van der Waals surface area contributed by atoms with Crippen LogP contribution in [0, 0.1) is 11.8 Å². The Hall–Kier alpha value is -1.83. The highest BCUT2D eigenvalue weighted by Crippen LogP contribution is 2.02. The second kappa shape index (κ2) is 9.15. The predicted octanol–water partition coefficient (Wildman–Crippen LogP) is 1.52. The second-order valence-corrected chi connectivity index (χ2v) is 3.98. The molecule has 19 heavy (non-hydrogen) atoms. The number of carbonyl (C=O) groups excluding carboxylic acids is 1. The van der Waals surface area contributed by atoms with E-state index in [-0.39, 0.29) is 6.42 Å². The van der Waals surface area contributed by atoms with E-state index in [2.05, 4.69) is 16.6 Å². The molecule has 0 fully saturated rings. The van der Waals surface area contributed by atoms with Crippen LogP contribution in [-0.4, -0.2) is 30.9 Å². The number of rotatable bonds is 6. The summed E-state index contributed by atoms with van der Waals surface area (Å²) in [5.74, 6) is 4.24. The van der Waals surface area contributed by atoms with Crippen molar-refractivity contribution in [1.29, 1.82) is 0 Å². The Morgan fingerprint density at radius 3 is 2.79 bits per heavy atom. The first-order valence-corrected chi connectivity index (χ1v) is 6.09. The maximum atomic E-state index is 10.7. The van der Waals surface area contributed by atoms with Crippen molar-refractivity contribution in [1.82, 2.24) is 0 Å². The Morgan fingerprint density at radius 2 is 2.11 bits per heavy atom. The lowest BCUT2D eigenvalue weighted by Gasteiger charge is -2.07. The van der Waals surface area contributed by atoms with Gasteiger partial charge in [0.1, 0.15) is 0 Å². The van der Waals surface area contributed by atoms with Crippen molar-refractivity contribution in [2.45, 2.75) is 25.6 Å². The molecule has 0 spiro atoms.